The van der Waals surface area contributed by atoms with E-state index in [1.165, 1.54) is 250 Å². The Hall–Kier alpha value is -2.19. The molecule has 0 spiro atoms. The Morgan fingerprint density at radius 3 is 0.793 bits per heavy atom. The summed E-state index contributed by atoms with van der Waals surface area (Å²) in [6, 6.07) is 0. The number of allylic oxidation sites excluding steroid dienone is 4. The molecule has 0 heterocycles. The fourth-order valence-corrected chi connectivity index (χ4v) is 10.9. The summed E-state index contributed by atoms with van der Waals surface area (Å²) in [5, 5.41) is 0. The molecule has 0 aliphatic carbocycles. The van der Waals surface area contributed by atoms with Crippen molar-refractivity contribution in [2.24, 2.45) is 0 Å². The minimum Gasteiger partial charge on any atom is -0.462 e. The molecule has 0 aromatic heterocycles. The molecule has 0 saturated carbocycles. The predicted octanol–water partition coefficient (Wildman–Crippen LogP) is 23.4. The van der Waals surface area contributed by atoms with E-state index in [9.17, 15) is 14.4 Å². The van der Waals surface area contributed by atoms with Gasteiger partial charge in [-0.1, -0.05) is 315 Å². The predicted molar refractivity (Wildman–Crippen MR) is 352 cm³/mol. The van der Waals surface area contributed by atoms with Crippen molar-refractivity contribution in [2.45, 2.75) is 399 Å². The van der Waals surface area contributed by atoms with Gasteiger partial charge in [0.2, 0.25) is 0 Å². The van der Waals surface area contributed by atoms with Gasteiger partial charge in [-0.3, -0.25) is 14.4 Å². The molecule has 0 saturated heterocycles. The fourth-order valence-electron chi connectivity index (χ4n) is 10.9. The smallest absolute Gasteiger partial charge is 0.306 e. The van der Waals surface area contributed by atoms with Crippen molar-refractivity contribution in [3.63, 3.8) is 0 Å². The average molecular weight is 1160 g/mol. The lowest BCUT2D eigenvalue weighted by molar-refractivity contribution is -0.166. The zero-order chi connectivity index (χ0) is 59.4. The van der Waals surface area contributed by atoms with Gasteiger partial charge in [0.25, 0.3) is 0 Å². The molecule has 0 radical (unpaired) electrons. The van der Waals surface area contributed by atoms with Crippen molar-refractivity contribution in [1.29, 1.82) is 0 Å². The summed E-state index contributed by atoms with van der Waals surface area (Å²) in [4.78, 5) is 39.4. The first-order valence-electron chi connectivity index (χ1n) is 36.5. The van der Waals surface area contributed by atoms with Crippen LogP contribution >= 0.6 is 0 Å². The first kappa shape index (κ1) is 79.8. The molecule has 8 nitrogen and oxygen atoms in total. The van der Waals surface area contributed by atoms with E-state index in [0.717, 1.165) is 89.9 Å². The Bertz CT molecular complexity index is 1350. The molecule has 484 valence electrons. The van der Waals surface area contributed by atoms with Crippen molar-refractivity contribution >= 4 is 17.9 Å². The third-order valence-corrected chi connectivity index (χ3v) is 16.3. The molecule has 8 heteroatoms. The second-order valence-electron chi connectivity index (χ2n) is 24.8. The zero-order valence-electron chi connectivity index (χ0n) is 55.4. The summed E-state index contributed by atoms with van der Waals surface area (Å²) < 4.78 is 30.0. The second-order valence-corrected chi connectivity index (χ2v) is 24.8. The van der Waals surface area contributed by atoms with Gasteiger partial charge in [-0.05, 0) is 77.0 Å². The number of carbonyl (C=O) groups is 3. The number of hydrogen-bond donors (Lipinski definition) is 0. The molecular weight excluding hydrogens is 1020 g/mol. The van der Waals surface area contributed by atoms with Gasteiger partial charge in [0.15, 0.2) is 6.10 Å². The molecule has 0 bridgehead atoms. The van der Waals surface area contributed by atoms with E-state index < -0.39 is 12.2 Å². The Morgan fingerprint density at radius 1 is 0.256 bits per heavy atom. The third-order valence-electron chi connectivity index (χ3n) is 16.3. The van der Waals surface area contributed by atoms with Crippen LogP contribution in [0.5, 0.6) is 0 Å². The molecule has 0 fully saturated rings. The van der Waals surface area contributed by atoms with Crippen LogP contribution in [0.4, 0.5) is 0 Å². The second kappa shape index (κ2) is 69.6. The summed E-state index contributed by atoms with van der Waals surface area (Å²) in [5.74, 6) is -0.782. The lowest BCUT2D eigenvalue weighted by Gasteiger charge is -2.21. The number of rotatable bonds is 69. The van der Waals surface area contributed by atoms with E-state index in [1.54, 1.807) is 0 Å². The number of hydrogen-bond acceptors (Lipinski definition) is 8. The van der Waals surface area contributed by atoms with Crippen LogP contribution in [0.2, 0.25) is 0 Å². The maximum absolute atomic E-state index is 13.2. The largest absolute Gasteiger partial charge is 0.462 e. The summed E-state index contributed by atoms with van der Waals surface area (Å²) in [6.45, 7) is 10.1. The van der Waals surface area contributed by atoms with Gasteiger partial charge in [-0.2, -0.15) is 0 Å². The van der Waals surface area contributed by atoms with E-state index in [1.807, 2.05) is 0 Å². The SMILES string of the molecule is CCCCCCCC/C=C\CCCCCCCC(=O)O[C@H](COCCCCCCCCCCCCCCCC)COC[C@@H](COC(=O)CCCCCCCCCCCCCCC)OC(=O)CCCCCCC/C=C\CCCCCCCC. The molecule has 82 heavy (non-hydrogen) atoms. The first-order chi connectivity index (χ1) is 40.5. The van der Waals surface area contributed by atoms with E-state index in [0.29, 0.717) is 25.9 Å². The van der Waals surface area contributed by atoms with Crippen LogP contribution in [0.3, 0.4) is 0 Å². The molecule has 0 amide bonds. The Balaban J connectivity index is 5.15. The van der Waals surface area contributed by atoms with Crippen LogP contribution in [-0.2, 0) is 38.1 Å². The minimum absolute atomic E-state index is 0.0470. The molecule has 0 aromatic rings. The van der Waals surface area contributed by atoms with Crippen LogP contribution in [0.25, 0.3) is 0 Å². The standard InChI is InChI=1S/C74H140O8/c1-5-9-13-17-21-25-29-33-36-39-43-47-51-55-59-63-73(76)81-70(66-78-65-61-57-53-49-45-41-35-31-27-23-19-15-11-7-3)67-79-68-71(69-80-72(75)62-58-54-50-46-42-38-32-28-24-20-16-12-8-4)82-74(77)64-60-56-52-48-44-40-37-34-30-26-22-18-14-10-6-2/h33-34,36-37,70-71H,5-32,35,38-69H2,1-4H3/b36-33-,37-34-/t70-,71+/m1/s1. The van der Waals surface area contributed by atoms with Crippen molar-refractivity contribution in [1.82, 2.24) is 0 Å². The summed E-state index contributed by atoms with van der Waals surface area (Å²) >= 11 is 0. The zero-order valence-corrected chi connectivity index (χ0v) is 55.4. The van der Waals surface area contributed by atoms with Crippen LogP contribution < -0.4 is 0 Å². The Morgan fingerprint density at radius 2 is 0.488 bits per heavy atom. The highest BCUT2D eigenvalue weighted by atomic mass is 16.6. The number of unbranched alkanes of at least 4 members (excludes halogenated alkanes) is 47. The van der Waals surface area contributed by atoms with E-state index in [-0.39, 0.29) is 44.3 Å². The third kappa shape index (κ3) is 65.4. The number of ether oxygens (including phenoxy) is 5. The van der Waals surface area contributed by atoms with Crippen LogP contribution in [-0.4, -0.2) is 63.2 Å². The van der Waals surface area contributed by atoms with E-state index in [4.69, 9.17) is 23.7 Å². The van der Waals surface area contributed by atoms with E-state index in [2.05, 4.69) is 52.0 Å². The van der Waals surface area contributed by atoms with Crippen molar-refractivity contribution < 1.29 is 38.1 Å². The van der Waals surface area contributed by atoms with Crippen LogP contribution in [0.1, 0.15) is 387 Å². The van der Waals surface area contributed by atoms with Gasteiger partial charge in [0.05, 0.1) is 19.8 Å². The lowest BCUT2D eigenvalue weighted by Crippen LogP contribution is -2.33. The molecule has 2 atom stereocenters. The van der Waals surface area contributed by atoms with Gasteiger partial charge < -0.3 is 23.7 Å². The molecule has 0 aliphatic heterocycles. The lowest BCUT2D eigenvalue weighted by atomic mass is 10.0. The minimum atomic E-state index is -0.741. The molecule has 0 aliphatic rings. The van der Waals surface area contributed by atoms with Crippen LogP contribution in [0, 0.1) is 0 Å². The van der Waals surface area contributed by atoms with Crippen molar-refractivity contribution in [3.05, 3.63) is 24.3 Å². The number of esters is 3. The van der Waals surface area contributed by atoms with Crippen LogP contribution in [0.15, 0.2) is 24.3 Å². The molecular formula is C74H140O8. The summed E-state index contributed by atoms with van der Waals surface area (Å²) in [5.41, 5.74) is 0. The van der Waals surface area contributed by atoms with Gasteiger partial charge >= 0.3 is 17.9 Å². The monoisotopic (exact) mass is 1160 g/mol. The van der Waals surface area contributed by atoms with Gasteiger partial charge in [-0.15, -0.1) is 0 Å². The fraction of sp³-hybridized carbons (Fsp3) is 0.905. The normalized spacial score (nSPS) is 12.5. The topological polar surface area (TPSA) is 97.4 Å². The first-order valence-corrected chi connectivity index (χ1v) is 36.5. The molecule has 0 rings (SSSR count). The summed E-state index contributed by atoms with van der Waals surface area (Å²) in [7, 11) is 0. The molecule has 0 unspecified atom stereocenters. The van der Waals surface area contributed by atoms with Gasteiger partial charge in [0, 0.05) is 25.9 Å². The maximum atomic E-state index is 13.2. The molecule has 0 aromatic carbocycles. The average Bonchev–Trinajstić information content (AvgIpc) is 3.47. The maximum Gasteiger partial charge on any atom is 0.306 e. The highest BCUT2D eigenvalue weighted by molar-refractivity contribution is 5.70. The van der Waals surface area contributed by atoms with Crippen molar-refractivity contribution in [2.75, 3.05) is 33.0 Å². The van der Waals surface area contributed by atoms with Gasteiger partial charge in [0.1, 0.15) is 12.7 Å². The molecule has 0 N–H and O–H groups in total. The number of carbonyl (C=O) groups excluding carboxylic acids is 3. The highest BCUT2D eigenvalue weighted by Crippen LogP contribution is 2.18. The Labute approximate surface area is 510 Å². The summed E-state index contributed by atoms with van der Waals surface area (Å²) in [6.07, 6.45) is 75.0. The van der Waals surface area contributed by atoms with Crippen molar-refractivity contribution in [3.8, 4) is 0 Å². The Kier molecular flexibility index (Phi) is 67.7. The van der Waals surface area contributed by atoms with Gasteiger partial charge in [-0.25, -0.2) is 0 Å². The van der Waals surface area contributed by atoms with E-state index >= 15 is 0 Å². The quantitative estimate of drug-likeness (QED) is 0.0257. The highest BCUT2D eigenvalue weighted by Gasteiger charge is 2.21.